The van der Waals surface area contributed by atoms with Crippen molar-refractivity contribution in [2.75, 3.05) is 5.73 Å². The van der Waals surface area contributed by atoms with Crippen LogP contribution in [0.3, 0.4) is 0 Å². The van der Waals surface area contributed by atoms with Crippen molar-refractivity contribution in [1.82, 2.24) is 0 Å². The number of carboxylic acids is 1. The highest BCUT2D eigenvalue weighted by molar-refractivity contribution is 7.16. The van der Waals surface area contributed by atoms with Gasteiger partial charge in [0, 0.05) is 10.4 Å². The van der Waals surface area contributed by atoms with Crippen LogP contribution in [0, 0.1) is 6.92 Å². The molecule has 1 aliphatic rings. The monoisotopic (exact) mass is 287 g/mol. The van der Waals surface area contributed by atoms with Crippen molar-refractivity contribution in [3.8, 4) is 11.1 Å². The summed E-state index contributed by atoms with van der Waals surface area (Å²) < 4.78 is 0. The van der Waals surface area contributed by atoms with Crippen molar-refractivity contribution in [2.45, 2.75) is 32.6 Å². The van der Waals surface area contributed by atoms with Crippen LogP contribution in [0.4, 0.5) is 5.00 Å². The van der Waals surface area contributed by atoms with Crippen molar-refractivity contribution in [1.29, 1.82) is 0 Å². The maximum absolute atomic E-state index is 11.4. The van der Waals surface area contributed by atoms with Gasteiger partial charge in [-0.05, 0) is 49.3 Å². The number of nitrogen functional groups attached to an aromatic ring is 1. The third-order valence-electron chi connectivity index (χ3n) is 3.96. The Balaban J connectivity index is 2.16. The molecule has 0 unspecified atom stereocenters. The van der Waals surface area contributed by atoms with E-state index in [1.54, 1.807) is 0 Å². The minimum Gasteiger partial charge on any atom is -0.478 e. The van der Waals surface area contributed by atoms with Gasteiger partial charge in [-0.2, -0.15) is 0 Å². The van der Waals surface area contributed by atoms with Crippen LogP contribution in [0.5, 0.6) is 0 Å². The number of carbonyl (C=O) groups is 1. The van der Waals surface area contributed by atoms with Crippen molar-refractivity contribution < 1.29 is 9.90 Å². The number of thiophene rings is 1. The maximum atomic E-state index is 11.4. The van der Waals surface area contributed by atoms with Crippen molar-refractivity contribution in [3.63, 3.8) is 0 Å². The smallest absolute Gasteiger partial charge is 0.339 e. The number of aromatic carboxylic acids is 1. The Morgan fingerprint density at radius 1 is 1.25 bits per heavy atom. The third kappa shape index (κ3) is 2.10. The van der Waals surface area contributed by atoms with Gasteiger partial charge in [-0.3, -0.25) is 0 Å². The molecule has 1 heterocycles. The van der Waals surface area contributed by atoms with Gasteiger partial charge in [-0.15, -0.1) is 11.3 Å². The van der Waals surface area contributed by atoms with E-state index in [0.717, 1.165) is 28.8 Å². The second-order valence-electron chi connectivity index (χ2n) is 5.27. The summed E-state index contributed by atoms with van der Waals surface area (Å²) in [5.41, 5.74) is 10.6. The zero-order valence-electron chi connectivity index (χ0n) is 11.4. The minimum atomic E-state index is -0.945. The Morgan fingerprint density at radius 2 is 1.95 bits per heavy atom. The normalized spacial score (nSPS) is 14.1. The Bertz CT molecular complexity index is 688. The Hall–Kier alpha value is -1.81. The van der Waals surface area contributed by atoms with Gasteiger partial charge in [-0.25, -0.2) is 4.79 Å². The molecule has 1 aromatic carbocycles. The molecule has 0 bridgehead atoms. The number of aryl methyl sites for hydroxylation is 3. The van der Waals surface area contributed by atoms with Gasteiger partial charge in [0.2, 0.25) is 0 Å². The summed E-state index contributed by atoms with van der Waals surface area (Å²) in [6, 6.07) is 6.32. The topological polar surface area (TPSA) is 63.3 Å². The largest absolute Gasteiger partial charge is 0.478 e. The third-order valence-corrected chi connectivity index (χ3v) is 4.90. The molecule has 3 nitrogen and oxygen atoms in total. The summed E-state index contributed by atoms with van der Waals surface area (Å²) in [6.07, 6.45) is 4.68. The fourth-order valence-corrected chi connectivity index (χ4v) is 3.96. The second kappa shape index (κ2) is 4.94. The molecule has 0 amide bonds. The molecule has 1 aliphatic carbocycles. The van der Waals surface area contributed by atoms with Gasteiger partial charge in [-0.1, -0.05) is 18.2 Å². The first-order valence-corrected chi connectivity index (χ1v) is 7.64. The average molecular weight is 287 g/mol. The average Bonchev–Trinajstić information content (AvgIpc) is 2.73. The standard InChI is InChI=1S/C16H17NO2S/c1-9-13(14(16(18)19)15(17)20-9)12-7-6-10-4-2-3-5-11(10)8-12/h6-8H,2-5,17H2,1H3,(H,18,19). The van der Waals surface area contributed by atoms with Crippen LogP contribution in [0.2, 0.25) is 0 Å². The number of benzene rings is 1. The van der Waals surface area contributed by atoms with Gasteiger partial charge in [0.15, 0.2) is 0 Å². The molecular formula is C16H17NO2S. The molecule has 0 aliphatic heterocycles. The summed E-state index contributed by atoms with van der Waals surface area (Å²) in [4.78, 5) is 12.4. The molecule has 0 spiro atoms. The van der Waals surface area contributed by atoms with E-state index in [4.69, 9.17) is 5.73 Å². The zero-order valence-corrected chi connectivity index (χ0v) is 12.2. The number of carboxylic acid groups (broad SMARTS) is 1. The summed E-state index contributed by atoms with van der Waals surface area (Å²) in [6.45, 7) is 1.93. The highest BCUT2D eigenvalue weighted by Crippen LogP contribution is 2.39. The van der Waals surface area contributed by atoms with Crippen LogP contribution >= 0.6 is 11.3 Å². The molecule has 0 saturated heterocycles. The van der Waals surface area contributed by atoms with Crippen LogP contribution in [0.1, 0.15) is 39.2 Å². The van der Waals surface area contributed by atoms with Gasteiger partial charge < -0.3 is 10.8 Å². The quantitative estimate of drug-likeness (QED) is 0.881. The van der Waals surface area contributed by atoms with Crippen LogP contribution in [-0.4, -0.2) is 11.1 Å². The molecule has 2 aromatic rings. The van der Waals surface area contributed by atoms with Crippen molar-refractivity contribution >= 4 is 22.3 Å². The van der Waals surface area contributed by atoms with E-state index in [2.05, 4.69) is 12.1 Å². The Labute approximate surface area is 122 Å². The van der Waals surface area contributed by atoms with E-state index >= 15 is 0 Å². The molecule has 20 heavy (non-hydrogen) atoms. The first kappa shape index (κ1) is 13.2. The molecule has 3 rings (SSSR count). The number of fused-ring (bicyclic) bond motifs is 1. The lowest BCUT2D eigenvalue weighted by Crippen LogP contribution is -2.04. The molecule has 1 aromatic heterocycles. The fourth-order valence-electron chi connectivity index (χ4n) is 3.02. The Morgan fingerprint density at radius 3 is 2.65 bits per heavy atom. The lowest BCUT2D eigenvalue weighted by Gasteiger charge is -2.17. The summed E-state index contributed by atoms with van der Waals surface area (Å²) >= 11 is 1.35. The number of rotatable bonds is 2. The second-order valence-corrected chi connectivity index (χ2v) is 6.52. The lowest BCUT2D eigenvalue weighted by atomic mass is 9.88. The number of hydrogen-bond acceptors (Lipinski definition) is 3. The van der Waals surface area contributed by atoms with Crippen molar-refractivity contribution in [2.24, 2.45) is 0 Å². The molecule has 104 valence electrons. The Kier molecular flexibility index (Phi) is 3.26. The van der Waals surface area contributed by atoms with E-state index in [1.807, 2.05) is 13.0 Å². The summed E-state index contributed by atoms with van der Waals surface area (Å²) in [7, 11) is 0. The highest BCUT2D eigenvalue weighted by Gasteiger charge is 2.22. The van der Waals surface area contributed by atoms with Gasteiger partial charge in [0.1, 0.15) is 10.6 Å². The van der Waals surface area contributed by atoms with Gasteiger partial charge >= 0.3 is 5.97 Å². The summed E-state index contributed by atoms with van der Waals surface area (Å²) in [5.74, 6) is -0.945. The predicted molar refractivity (Wildman–Crippen MR) is 82.5 cm³/mol. The van der Waals surface area contributed by atoms with Crippen LogP contribution in [0.15, 0.2) is 18.2 Å². The predicted octanol–water partition coefficient (Wildman–Crippen LogP) is 3.88. The van der Waals surface area contributed by atoms with E-state index < -0.39 is 5.97 Å². The molecular weight excluding hydrogens is 270 g/mol. The molecule has 4 heteroatoms. The van der Waals surface area contributed by atoms with E-state index in [9.17, 15) is 9.90 Å². The first-order chi connectivity index (χ1) is 9.58. The van der Waals surface area contributed by atoms with E-state index in [-0.39, 0.29) is 5.56 Å². The molecule has 0 saturated carbocycles. The van der Waals surface area contributed by atoms with E-state index in [0.29, 0.717) is 5.00 Å². The zero-order chi connectivity index (χ0) is 14.3. The lowest BCUT2D eigenvalue weighted by molar-refractivity contribution is 0.0699. The molecule has 3 N–H and O–H groups in total. The first-order valence-electron chi connectivity index (χ1n) is 6.82. The maximum Gasteiger partial charge on any atom is 0.339 e. The van der Waals surface area contributed by atoms with Crippen LogP contribution in [-0.2, 0) is 12.8 Å². The number of nitrogens with two attached hydrogens (primary N) is 1. The van der Waals surface area contributed by atoms with Crippen LogP contribution < -0.4 is 5.73 Å². The van der Waals surface area contributed by atoms with E-state index in [1.165, 1.54) is 35.3 Å². The van der Waals surface area contributed by atoms with Crippen LogP contribution in [0.25, 0.3) is 11.1 Å². The van der Waals surface area contributed by atoms with Crippen molar-refractivity contribution in [3.05, 3.63) is 39.8 Å². The van der Waals surface area contributed by atoms with Gasteiger partial charge in [0.05, 0.1) is 0 Å². The summed E-state index contributed by atoms with van der Waals surface area (Å²) in [5, 5.41) is 9.78. The molecule has 0 fully saturated rings. The molecule has 0 atom stereocenters. The minimum absolute atomic E-state index is 0.253. The fraction of sp³-hybridized carbons (Fsp3) is 0.312. The van der Waals surface area contributed by atoms with Gasteiger partial charge in [0.25, 0.3) is 0 Å². The number of anilines is 1. The highest BCUT2D eigenvalue weighted by atomic mass is 32.1. The SMILES string of the molecule is Cc1sc(N)c(C(=O)O)c1-c1ccc2c(c1)CCCC2. The molecule has 0 radical (unpaired) electrons. The number of hydrogen-bond donors (Lipinski definition) is 2.